The largest absolute Gasteiger partial charge is 0.293 e. The molecule has 1 aromatic heterocycles. The Morgan fingerprint density at radius 2 is 1.88 bits per heavy atom. The molecule has 0 aliphatic heterocycles. The van der Waals surface area contributed by atoms with Gasteiger partial charge in [0.15, 0.2) is 5.78 Å². The van der Waals surface area contributed by atoms with E-state index in [-0.39, 0.29) is 11.5 Å². The number of aromatic nitrogens is 4. The highest BCUT2D eigenvalue weighted by Gasteiger charge is 2.14. The highest BCUT2D eigenvalue weighted by Crippen LogP contribution is 2.23. The summed E-state index contributed by atoms with van der Waals surface area (Å²) in [5.41, 5.74) is 2.62. The SMILES string of the molecule is CC(C)c1ccc(-n2nnnc2SCC(=O)c2ccccc2Cl)cc1. The van der Waals surface area contributed by atoms with Gasteiger partial charge in [-0.3, -0.25) is 4.79 Å². The Kier molecular flexibility index (Phi) is 5.50. The van der Waals surface area contributed by atoms with Crippen molar-refractivity contribution in [2.75, 3.05) is 5.75 Å². The van der Waals surface area contributed by atoms with Gasteiger partial charge in [0, 0.05) is 5.56 Å². The molecule has 0 N–H and O–H groups in total. The van der Waals surface area contributed by atoms with Crippen molar-refractivity contribution in [3.8, 4) is 5.69 Å². The maximum atomic E-state index is 12.3. The molecule has 0 fully saturated rings. The Labute approximate surface area is 155 Å². The minimum atomic E-state index is -0.0553. The molecule has 128 valence electrons. The van der Waals surface area contributed by atoms with Gasteiger partial charge in [0.2, 0.25) is 5.16 Å². The summed E-state index contributed by atoms with van der Waals surface area (Å²) in [4.78, 5) is 12.3. The standard InChI is InChI=1S/C18H17ClN4OS/c1-12(2)13-7-9-14(10-8-13)23-18(20-21-22-23)25-11-17(24)15-5-3-4-6-16(15)19/h3-10,12H,11H2,1-2H3. The van der Waals surface area contributed by atoms with E-state index in [1.165, 1.54) is 17.3 Å². The second-order valence-electron chi connectivity index (χ2n) is 5.81. The van der Waals surface area contributed by atoms with Crippen LogP contribution in [0.15, 0.2) is 53.7 Å². The number of nitrogens with zero attached hydrogens (tertiary/aromatic N) is 4. The molecule has 3 aromatic rings. The van der Waals surface area contributed by atoms with Crippen molar-refractivity contribution < 1.29 is 4.79 Å². The lowest BCUT2D eigenvalue weighted by molar-refractivity contribution is 0.102. The Morgan fingerprint density at radius 1 is 1.16 bits per heavy atom. The maximum absolute atomic E-state index is 12.3. The summed E-state index contributed by atoms with van der Waals surface area (Å²) in [6.45, 7) is 4.29. The van der Waals surface area contributed by atoms with E-state index >= 15 is 0 Å². The Bertz CT molecular complexity index is 877. The second kappa shape index (κ2) is 7.80. The normalized spacial score (nSPS) is 11.0. The third-order valence-corrected chi connectivity index (χ3v) is 5.00. The quantitative estimate of drug-likeness (QED) is 0.473. The zero-order valence-corrected chi connectivity index (χ0v) is 15.5. The van der Waals surface area contributed by atoms with Gasteiger partial charge in [0.1, 0.15) is 0 Å². The molecule has 0 spiro atoms. The number of ketones is 1. The average molecular weight is 373 g/mol. The van der Waals surface area contributed by atoms with Crippen LogP contribution >= 0.6 is 23.4 Å². The summed E-state index contributed by atoms with van der Waals surface area (Å²) >= 11 is 7.36. The Balaban J connectivity index is 1.74. The summed E-state index contributed by atoms with van der Waals surface area (Å²) in [5, 5.41) is 12.8. The lowest BCUT2D eigenvalue weighted by Crippen LogP contribution is -2.05. The van der Waals surface area contributed by atoms with E-state index < -0.39 is 0 Å². The zero-order valence-electron chi connectivity index (χ0n) is 13.9. The van der Waals surface area contributed by atoms with Crippen LogP contribution in [-0.2, 0) is 0 Å². The third kappa shape index (κ3) is 4.08. The molecule has 0 aliphatic rings. The molecule has 0 saturated carbocycles. The lowest BCUT2D eigenvalue weighted by atomic mass is 10.0. The van der Waals surface area contributed by atoms with E-state index in [0.29, 0.717) is 21.7 Å². The molecule has 2 aromatic carbocycles. The summed E-state index contributed by atoms with van der Waals surface area (Å²) in [5.74, 6) is 0.624. The average Bonchev–Trinajstić information content (AvgIpc) is 3.08. The predicted molar refractivity (Wildman–Crippen MR) is 99.7 cm³/mol. The number of hydrogen-bond donors (Lipinski definition) is 0. The number of halogens is 1. The molecule has 5 nitrogen and oxygen atoms in total. The van der Waals surface area contributed by atoms with Crippen molar-refractivity contribution in [2.45, 2.75) is 24.9 Å². The monoisotopic (exact) mass is 372 g/mol. The third-order valence-electron chi connectivity index (χ3n) is 3.75. The molecule has 0 atom stereocenters. The van der Waals surface area contributed by atoms with E-state index in [0.717, 1.165) is 5.69 Å². The Hall–Kier alpha value is -2.18. The molecule has 0 aliphatic carbocycles. The van der Waals surface area contributed by atoms with Crippen LogP contribution in [0, 0.1) is 0 Å². The van der Waals surface area contributed by atoms with E-state index in [1.54, 1.807) is 28.9 Å². The van der Waals surface area contributed by atoms with Crippen molar-refractivity contribution in [3.63, 3.8) is 0 Å². The highest BCUT2D eigenvalue weighted by molar-refractivity contribution is 7.99. The van der Waals surface area contributed by atoms with Crippen molar-refractivity contribution in [1.82, 2.24) is 20.2 Å². The summed E-state index contributed by atoms with van der Waals surface area (Å²) < 4.78 is 1.63. The molecule has 25 heavy (non-hydrogen) atoms. The van der Waals surface area contributed by atoms with Crippen LogP contribution in [-0.4, -0.2) is 31.7 Å². The molecular formula is C18H17ClN4OS. The van der Waals surface area contributed by atoms with Gasteiger partial charge in [0.05, 0.1) is 16.5 Å². The molecule has 3 rings (SSSR count). The van der Waals surface area contributed by atoms with Gasteiger partial charge < -0.3 is 0 Å². The van der Waals surface area contributed by atoms with E-state index in [9.17, 15) is 4.79 Å². The molecule has 0 saturated heterocycles. The van der Waals surface area contributed by atoms with Crippen molar-refractivity contribution in [2.24, 2.45) is 0 Å². The minimum absolute atomic E-state index is 0.0553. The van der Waals surface area contributed by atoms with Crippen molar-refractivity contribution >= 4 is 29.1 Å². The number of hydrogen-bond acceptors (Lipinski definition) is 5. The first-order valence-electron chi connectivity index (χ1n) is 7.85. The number of tetrazole rings is 1. The first-order chi connectivity index (χ1) is 12.1. The molecule has 0 radical (unpaired) electrons. The van der Waals surface area contributed by atoms with Crippen LogP contribution in [0.4, 0.5) is 0 Å². The number of benzene rings is 2. The van der Waals surface area contributed by atoms with Crippen molar-refractivity contribution in [1.29, 1.82) is 0 Å². The fourth-order valence-corrected chi connectivity index (χ4v) is 3.34. The van der Waals surface area contributed by atoms with Crippen molar-refractivity contribution in [3.05, 3.63) is 64.7 Å². The number of Topliss-reactive ketones (excluding diaryl/α,β-unsaturated/α-hetero) is 1. The lowest BCUT2D eigenvalue weighted by Gasteiger charge is -2.08. The van der Waals surface area contributed by atoms with Crippen LogP contribution in [0.2, 0.25) is 5.02 Å². The number of rotatable bonds is 6. The molecular weight excluding hydrogens is 356 g/mol. The predicted octanol–water partition coefficient (Wildman–Crippen LogP) is 4.41. The number of carbonyl (C=O) groups is 1. The maximum Gasteiger partial charge on any atom is 0.214 e. The smallest absolute Gasteiger partial charge is 0.214 e. The van der Waals surface area contributed by atoms with Gasteiger partial charge in [-0.2, -0.15) is 4.68 Å². The highest BCUT2D eigenvalue weighted by atomic mass is 35.5. The molecule has 1 heterocycles. The van der Waals surface area contributed by atoms with Crippen LogP contribution in [0.25, 0.3) is 5.69 Å². The van der Waals surface area contributed by atoms with E-state index in [4.69, 9.17) is 11.6 Å². The van der Waals surface area contributed by atoms with Crippen LogP contribution in [0.1, 0.15) is 35.7 Å². The first-order valence-corrected chi connectivity index (χ1v) is 9.22. The number of thioether (sulfide) groups is 1. The summed E-state index contributed by atoms with van der Waals surface area (Å²) in [6, 6.07) is 15.1. The fraction of sp³-hybridized carbons (Fsp3) is 0.222. The van der Waals surface area contributed by atoms with E-state index in [1.807, 2.05) is 12.1 Å². The first kappa shape index (κ1) is 17.6. The number of carbonyl (C=O) groups excluding carboxylic acids is 1. The van der Waals surface area contributed by atoms with Gasteiger partial charge >= 0.3 is 0 Å². The summed E-state index contributed by atoms with van der Waals surface area (Å²) in [7, 11) is 0. The van der Waals surface area contributed by atoms with Crippen LogP contribution < -0.4 is 0 Å². The molecule has 0 amide bonds. The van der Waals surface area contributed by atoms with Crippen LogP contribution in [0.5, 0.6) is 0 Å². The summed E-state index contributed by atoms with van der Waals surface area (Å²) in [6.07, 6.45) is 0. The van der Waals surface area contributed by atoms with Gasteiger partial charge in [-0.05, 0) is 46.2 Å². The molecule has 7 heteroatoms. The molecule has 0 bridgehead atoms. The minimum Gasteiger partial charge on any atom is -0.293 e. The second-order valence-corrected chi connectivity index (χ2v) is 7.16. The topological polar surface area (TPSA) is 60.7 Å². The van der Waals surface area contributed by atoms with Gasteiger partial charge in [-0.15, -0.1) is 5.10 Å². The van der Waals surface area contributed by atoms with Gasteiger partial charge in [0.25, 0.3) is 0 Å². The van der Waals surface area contributed by atoms with E-state index in [2.05, 4.69) is 41.5 Å². The Morgan fingerprint density at radius 3 is 2.56 bits per heavy atom. The zero-order chi connectivity index (χ0) is 17.8. The van der Waals surface area contributed by atoms with Crippen LogP contribution in [0.3, 0.4) is 0 Å². The molecule has 0 unspecified atom stereocenters. The fourth-order valence-electron chi connectivity index (χ4n) is 2.33. The van der Waals surface area contributed by atoms with Gasteiger partial charge in [-0.25, -0.2) is 0 Å². The van der Waals surface area contributed by atoms with Gasteiger partial charge in [-0.1, -0.05) is 61.5 Å².